The number of carbonyl (C=O) groups excluding carboxylic acids is 1. The molecule has 2 saturated heterocycles. The number of piperazine rings is 1. The van der Waals surface area contributed by atoms with Crippen LogP contribution in [0.2, 0.25) is 0 Å². The molecule has 0 bridgehead atoms. The minimum absolute atomic E-state index is 0.0967. The van der Waals surface area contributed by atoms with E-state index in [0.717, 1.165) is 19.6 Å². The number of hydrogen-bond donors (Lipinski definition) is 1. The Morgan fingerprint density at radius 2 is 2.31 bits per heavy atom. The molecule has 2 rings (SSSR count). The Morgan fingerprint density at radius 1 is 1.50 bits per heavy atom. The maximum absolute atomic E-state index is 11.7. The lowest BCUT2D eigenvalue weighted by Crippen LogP contribution is -2.54. The summed E-state index contributed by atoms with van der Waals surface area (Å²) in [7, 11) is 0. The smallest absolute Gasteiger partial charge is 0.323 e. The largest absolute Gasteiger partial charge is 0.480 e. The van der Waals surface area contributed by atoms with Gasteiger partial charge in [-0.3, -0.25) is 14.5 Å². The molecule has 1 atom stereocenters. The molecule has 6 heteroatoms. The Balaban J connectivity index is 1.86. The molecule has 1 amide bonds. The highest BCUT2D eigenvalue weighted by molar-refractivity contribution is 5.83. The third-order valence-corrected chi connectivity index (χ3v) is 3.10. The molecule has 0 aromatic heterocycles. The van der Waals surface area contributed by atoms with Gasteiger partial charge in [0.2, 0.25) is 5.91 Å². The van der Waals surface area contributed by atoms with Crippen LogP contribution in [0.5, 0.6) is 0 Å². The van der Waals surface area contributed by atoms with Crippen molar-refractivity contribution in [2.45, 2.75) is 12.5 Å². The highest BCUT2D eigenvalue weighted by Gasteiger charge is 2.31. The number of nitrogens with zero attached hydrogens (tertiary/aromatic N) is 2. The molecule has 1 N–H and O–H groups in total. The molecule has 2 fully saturated rings. The fraction of sp³-hybridized carbons (Fsp3) is 0.800. The van der Waals surface area contributed by atoms with Crippen molar-refractivity contribution in [3.8, 4) is 0 Å². The highest BCUT2D eigenvalue weighted by atomic mass is 16.5. The maximum Gasteiger partial charge on any atom is 0.323 e. The quantitative estimate of drug-likeness (QED) is 0.671. The maximum atomic E-state index is 11.7. The van der Waals surface area contributed by atoms with E-state index in [9.17, 15) is 9.59 Å². The molecule has 2 heterocycles. The second kappa shape index (κ2) is 4.80. The van der Waals surface area contributed by atoms with Gasteiger partial charge in [0.1, 0.15) is 6.54 Å². The third kappa shape index (κ3) is 2.51. The van der Waals surface area contributed by atoms with Gasteiger partial charge in [-0.15, -0.1) is 0 Å². The lowest BCUT2D eigenvalue weighted by molar-refractivity contribution is -0.147. The van der Waals surface area contributed by atoms with Crippen molar-refractivity contribution in [2.24, 2.45) is 0 Å². The van der Waals surface area contributed by atoms with Gasteiger partial charge in [0.15, 0.2) is 0 Å². The first kappa shape index (κ1) is 11.3. The van der Waals surface area contributed by atoms with Crippen LogP contribution in [0.3, 0.4) is 0 Å². The number of hydrogen-bond acceptors (Lipinski definition) is 4. The summed E-state index contributed by atoms with van der Waals surface area (Å²) in [5, 5.41) is 8.63. The Morgan fingerprint density at radius 3 is 2.88 bits per heavy atom. The van der Waals surface area contributed by atoms with Crippen LogP contribution in [0, 0.1) is 0 Å². The van der Waals surface area contributed by atoms with Crippen LogP contribution >= 0.6 is 0 Å². The normalized spacial score (nSPS) is 27.4. The van der Waals surface area contributed by atoms with Gasteiger partial charge in [-0.2, -0.15) is 0 Å². The number of amides is 1. The Hall–Kier alpha value is -1.14. The van der Waals surface area contributed by atoms with Crippen LogP contribution in [0.15, 0.2) is 0 Å². The predicted octanol–water partition coefficient (Wildman–Crippen LogP) is -0.996. The van der Waals surface area contributed by atoms with E-state index in [1.807, 2.05) is 0 Å². The van der Waals surface area contributed by atoms with Crippen molar-refractivity contribution in [1.29, 1.82) is 0 Å². The summed E-state index contributed by atoms with van der Waals surface area (Å²) in [5.74, 6) is -1.05. The Labute approximate surface area is 93.8 Å². The Kier molecular flexibility index (Phi) is 3.40. The lowest BCUT2D eigenvalue weighted by Gasteiger charge is -2.36. The van der Waals surface area contributed by atoms with Crippen LogP contribution < -0.4 is 0 Å². The van der Waals surface area contributed by atoms with E-state index in [1.165, 1.54) is 4.90 Å². The lowest BCUT2D eigenvalue weighted by atomic mass is 10.2. The first-order valence-corrected chi connectivity index (χ1v) is 5.48. The average Bonchev–Trinajstić information content (AvgIpc) is 2.73. The van der Waals surface area contributed by atoms with Gasteiger partial charge < -0.3 is 14.7 Å². The number of rotatable bonds is 3. The van der Waals surface area contributed by atoms with Gasteiger partial charge in [-0.25, -0.2) is 0 Å². The fourth-order valence-electron chi connectivity index (χ4n) is 2.18. The summed E-state index contributed by atoms with van der Waals surface area (Å²) in [6.07, 6.45) is 0.964. The van der Waals surface area contributed by atoms with Gasteiger partial charge in [0.25, 0.3) is 0 Å². The number of ether oxygens (including phenoxy) is 1. The molecule has 2 aliphatic heterocycles. The van der Waals surface area contributed by atoms with Crippen molar-refractivity contribution < 1.29 is 19.4 Å². The van der Waals surface area contributed by atoms with Gasteiger partial charge in [0.05, 0.1) is 13.2 Å². The van der Waals surface area contributed by atoms with Gasteiger partial charge in [-0.1, -0.05) is 0 Å². The van der Waals surface area contributed by atoms with Crippen LogP contribution in [-0.4, -0.2) is 72.2 Å². The summed E-state index contributed by atoms with van der Waals surface area (Å²) >= 11 is 0. The van der Waals surface area contributed by atoms with Gasteiger partial charge in [-0.05, 0) is 6.42 Å². The van der Waals surface area contributed by atoms with E-state index in [-0.39, 0.29) is 12.5 Å². The van der Waals surface area contributed by atoms with Crippen molar-refractivity contribution in [2.75, 3.05) is 39.4 Å². The van der Waals surface area contributed by atoms with Crippen molar-refractivity contribution in [3.63, 3.8) is 0 Å². The molecule has 0 aliphatic carbocycles. The molecule has 0 saturated carbocycles. The second-order valence-electron chi connectivity index (χ2n) is 4.20. The topological polar surface area (TPSA) is 70.1 Å². The van der Waals surface area contributed by atoms with E-state index in [0.29, 0.717) is 25.7 Å². The van der Waals surface area contributed by atoms with E-state index in [1.54, 1.807) is 0 Å². The second-order valence-corrected chi connectivity index (χ2v) is 4.20. The molecule has 0 spiro atoms. The molecule has 0 radical (unpaired) electrons. The van der Waals surface area contributed by atoms with Crippen molar-refractivity contribution in [3.05, 3.63) is 0 Å². The highest BCUT2D eigenvalue weighted by Crippen LogP contribution is 2.15. The van der Waals surface area contributed by atoms with Crippen molar-refractivity contribution in [1.82, 2.24) is 9.80 Å². The molecule has 0 aromatic carbocycles. The van der Waals surface area contributed by atoms with Crippen LogP contribution in [0.4, 0.5) is 0 Å². The molecular weight excluding hydrogens is 212 g/mol. The standard InChI is InChI=1S/C10H16N2O4/c13-9-5-11(8-1-4-16-7-8)2-3-12(9)6-10(14)15/h8H,1-7H2,(H,14,15)/t8-/m0/s1. The first-order chi connectivity index (χ1) is 7.66. The van der Waals surface area contributed by atoms with Crippen molar-refractivity contribution >= 4 is 11.9 Å². The summed E-state index contributed by atoms with van der Waals surface area (Å²) in [5.41, 5.74) is 0. The minimum Gasteiger partial charge on any atom is -0.480 e. The monoisotopic (exact) mass is 228 g/mol. The zero-order chi connectivity index (χ0) is 11.5. The fourth-order valence-corrected chi connectivity index (χ4v) is 2.18. The predicted molar refractivity (Wildman–Crippen MR) is 55.0 cm³/mol. The summed E-state index contributed by atoms with van der Waals surface area (Å²) in [4.78, 5) is 25.7. The molecule has 90 valence electrons. The average molecular weight is 228 g/mol. The third-order valence-electron chi connectivity index (χ3n) is 3.10. The van der Waals surface area contributed by atoms with E-state index >= 15 is 0 Å². The van der Waals surface area contributed by atoms with E-state index < -0.39 is 5.97 Å². The minimum atomic E-state index is -0.953. The van der Waals surface area contributed by atoms with Crippen LogP contribution in [-0.2, 0) is 14.3 Å². The van der Waals surface area contributed by atoms with E-state index in [4.69, 9.17) is 9.84 Å². The molecule has 6 nitrogen and oxygen atoms in total. The molecular formula is C10H16N2O4. The zero-order valence-electron chi connectivity index (χ0n) is 9.09. The van der Waals surface area contributed by atoms with Crippen LogP contribution in [0.1, 0.15) is 6.42 Å². The number of aliphatic carboxylic acids is 1. The Bertz CT molecular complexity index is 289. The molecule has 16 heavy (non-hydrogen) atoms. The molecule has 2 aliphatic rings. The first-order valence-electron chi connectivity index (χ1n) is 5.48. The van der Waals surface area contributed by atoms with Gasteiger partial charge in [0, 0.05) is 25.7 Å². The summed E-state index contributed by atoms with van der Waals surface area (Å²) < 4.78 is 5.28. The van der Waals surface area contributed by atoms with Gasteiger partial charge >= 0.3 is 5.97 Å². The zero-order valence-corrected chi connectivity index (χ0v) is 9.09. The number of carbonyl (C=O) groups is 2. The summed E-state index contributed by atoms with van der Waals surface area (Å²) in [6, 6.07) is 0.330. The number of carboxylic acid groups (broad SMARTS) is 1. The van der Waals surface area contributed by atoms with Crippen LogP contribution in [0.25, 0.3) is 0 Å². The molecule has 0 unspecified atom stereocenters. The number of carboxylic acids is 1. The summed E-state index contributed by atoms with van der Waals surface area (Å²) in [6.45, 7) is 2.82. The SMILES string of the molecule is O=C(O)CN1CCN([C@H]2CCOC2)CC1=O. The molecule has 0 aromatic rings. The van der Waals surface area contributed by atoms with E-state index in [2.05, 4.69) is 4.90 Å².